The van der Waals surface area contributed by atoms with E-state index in [1.807, 2.05) is 18.2 Å². The summed E-state index contributed by atoms with van der Waals surface area (Å²) in [5, 5.41) is 0. The van der Waals surface area contributed by atoms with Crippen molar-refractivity contribution in [2.45, 2.75) is 31.7 Å². The highest BCUT2D eigenvalue weighted by Gasteiger charge is 2.39. The molecule has 0 spiro atoms. The molecule has 0 heterocycles. The van der Waals surface area contributed by atoms with Gasteiger partial charge in [-0.15, -0.1) is 0 Å². The van der Waals surface area contributed by atoms with Gasteiger partial charge < -0.3 is 15.4 Å². The minimum absolute atomic E-state index is 0.0183. The Morgan fingerprint density at radius 2 is 2.10 bits per heavy atom. The normalized spacial score (nSPS) is 29.0. The predicted molar refractivity (Wildman–Crippen MR) is 86.4 cm³/mol. The van der Waals surface area contributed by atoms with Gasteiger partial charge >= 0.3 is 0 Å². The molecule has 2 fully saturated rings. The lowest BCUT2D eigenvalue weighted by atomic mass is 9.88. The highest BCUT2D eigenvalue weighted by Crippen LogP contribution is 2.48. The summed E-state index contributed by atoms with van der Waals surface area (Å²) in [6.45, 7) is 2.10. The van der Waals surface area contributed by atoms with Crippen LogP contribution in [0.5, 0.6) is 5.75 Å². The SMILES string of the molecule is COc1ccccc1C(N)CN(C)CC1CC2CCC1C2. The van der Waals surface area contributed by atoms with Gasteiger partial charge in [-0.1, -0.05) is 24.6 Å². The molecule has 1 aromatic carbocycles. The van der Waals surface area contributed by atoms with Crippen LogP contribution in [0.2, 0.25) is 0 Å². The highest BCUT2D eigenvalue weighted by molar-refractivity contribution is 5.35. The molecule has 1 aromatic rings. The maximum Gasteiger partial charge on any atom is 0.123 e. The van der Waals surface area contributed by atoms with Gasteiger partial charge in [-0.05, 0) is 50.1 Å². The van der Waals surface area contributed by atoms with Crippen LogP contribution in [0.3, 0.4) is 0 Å². The number of nitrogens with two attached hydrogens (primary N) is 1. The summed E-state index contributed by atoms with van der Waals surface area (Å²) in [4.78, 5) is 2.42. The predicted octanol–water partition coefficient (Wildman–Crippen LogP) is 3.06. The standard InChI is InChI=1S/C18H28N2O/c1-20(11-15-10-13-7-8-14(15)9-13)12-17(19)16-5-3-4-6-18(16)21-2/h3-6,13-15,17H,7-12,19H2,1-2H3. The van der Waals surface area contributed by atoms with Crippen LogP contribution in [0.25, 0.3) is 0 Å². The zero-order chi connectivity index (χ0) is 14.8. The number of hydrogen-bond acceptors (Lipinski definition) is 3. The van der Waals surface area contributed by atoms with Crippen LogP contribution in [0.1, 0.15) is 37.3 Å². The first-order chi connectivity index (χ1) is 10.2. The number of likely N-dealkylation sites (N-methyl/N-ethyl adjacent to an activating group) is 1. The fourth-order valence-electron chi connectivity index (χ4n) is 4.48. The molecule has 2 N–H and O–H groups in total. The van der Waals surface area contributed by atoms with Gasteiger partial charge in [0.05, 0.1) is 7.11 Å². The van der Waals surface area contributed by atoms with Crippen molar-refractivity contribution in [3.05, 3.63) is 29.8 Å². The average Bonchev–Trinajstić information content (AvgIpc) is 3.09. The quantitative estimate of drug-likeness (QED) is 0.874. The second kappa shape index (κ2) is 6.37. The van der Waals surface area contributed by atoms with Gasteiger partial charge in [-0.3, -0.25) is 0 Å². The summed E-state index contributed by atoms with van der Waals surface area (Å²) in [5.41, 5.74) is 7.51. The largest absolute Gasteiger partial charge is 0.496 e. The van der Waals surface area contributed by atoms with Crippen molar-refractivity contribution in [3.8, 4) is 5.75 Å². The number of fused-ring (bicyclic) bond motifs is 2. The summed E-state index contributed by atoms with van der Waals surface area (Å²) in [6.07, 6.45) is 5.86. The topological polar surface area (TPSA) is 38.5 Å². The lowest BCUT2D eigenvalue weighted by molar-refractivity contribution is 0.211. The van der Waals surface area contributed by atoms with Gasteiger partial charge in [0, 0.05) is 24.7 Å². The molecule has 21 heavy (non-hydrogen) atoms. The summed E-state index contributed by atoms with van der Waals surface area (Å²) < 4.78 is 5.42. The molecule has 2 bridgehead atoms. The molecule has 0 amide bonds. The molecule has 0 radical (unpaired) electrons. The van der Waals surface area contributed by atoms with Crippen LogP contribution in [0.15, 0.2) is 24.3 Å². The third kappa shape index (κ3) is 3.24. The molecule has 0 saturated heterocycles. The number of ether oxygens (including phenoxy) is 1. The zero-order valence-corrected chi connectivity index (χ0v) is 13.3. The van der Waals surface area contributed by atoms with Crippen LogP contribution in [-0.2, 0) is 0 Å². The fraction of sp³-hybridized carbons (Fsp3) is 0.667. The molecular weight excluding hydrogens is 260 g/mol. The third-order valence-electron chi connectivity index (χ3n) is 5.48. The third-order valence-corrected chi connectivity index (χ3v) is 5.48. The van der Waals surface area contributed by atoms with E-state index in [9.17, 15) is 0 Å². The van der Waals surface area contributed by atoms with Gasteiger partial charge in [0.1, 0.15) is 5.75 Å². The number of methoxy groups -OCH3 is 1. The lowest BCUT2D eigenvalue weighted by Gasteiger charge is -2.29. The molecule has 2 aliphatic rings. The second-order valence-corrected chi connectivity index (χ2v) is 7.00. The van der Waals surface area contributed by atoms with Crippen LogP contribution < -0.4 is 10.5 Å². The second-order valence-electron chi connectivity index (χ2n) is 7.00. The fourth-order valence-corrected chi connectivity index (χ4v) is 4.48. The van der Waals surface area contributed by atoms with Crippen molar-refractivity contribution in [1.29, 1.82) is 0 Å². The van der Waals surface area contributed by atoms with E-state index in [0.29, 0.717) is 0 Å². The Labute approximate surface area is 128 Å². The number of para-hydroxylation sites is 1. The maximum absolute atomic E-state index is 6.40. The highest BCUT2D eigenvalue weighted by atomic mass is 16.5. The van der Waals surface area contributed by atoms with Gasteiger partial charge in [-0.25, -0.2) is 0 Å². The smallest absolute Gasteiger partial charge is 0.123 e. The van der Waals surface area contributed by atoms with Crippen molar-refractivity contribution in [2.24, 2.45) is 23.5 Å². The Kier molecular flexibility index (Phi) is 4.51. The van der Waals surface area contributed by atoms with Gasteiger partial charge in [0.2, 0.25) is 0 Å². The molecule has 3 nitrogen and oxygen atoms in total. The summed E-state index contributed by atoms with van der Waals surface area (Å²) in [5.74, 6) is 3.81. The Morgan fingerprint density at radius 3 is 2.76 bits per heavy atom. The monoisotopic (exact) mass is 288 g/mol. The summed E-state index contributed by atoms with van der Waals surface area (Å²) >= 11 is 0. The molecule has 116 valence electrons. The minimum Gasteiger partial charge on any atom is -0.496 e. The molecule has 2 saturated carbocycles. The number of benzene rings is 1. The van der Waals surface area contributed by atoms with Gasteiger partial charge in [-0.2, -0.15) is 0 Å². The van der Waals surface area contributed by atoms with E-state index >= 15 is 0 Å². The van der Waals surface area contributed by atoms with Crippen LogP contribution >= 0.6 is 0 Å². The molecule has 0 aromatic heterocycles. The lowest BCUT2D eigenvalue weighted by Crippen LogP contribution is -2.34. The molecule has 4 atom stereocenters. The van der Waals surface area contributed by atoms with Crippen LogP contribution in [-0.4, -0.2) is 32.1 Å². The molecule has 2 aliphatic carbocycles. The average molecular weight is 288 g/mol. The van der Waals surface area contributed by atoms with E-state index in [2.05, 4.69) is 18.0 Å². The van der Waals surface area contributed by atoms with Gasteiger partial charge in [0.15, 0.2) is 0 Å². The number of rotatable bonds is 6. The van der Waals surface area contributed by atoms with E-state index in [4.69, 9.17) is 10.5 Å². The van der Waals surface area contributed by atoms with E-state index in [-0.39, 0.29) is 6.04 Å². The summed E-state index contributed by atoms with van der Waals surface area (Å²) in [7, 11) is 3.92. The summed E-state index contributed by atoms with van der Waals surface area (Å²) in [6, 6.07) is 8.12. The maximum atomic E-state index is 6.40. The number of hydrogen-bond donors (Lipinski definition) is 1. The molecule has 0 aliphatic heterocycles. The van der Waals surface area contributed by atoms with Crippen LogP contribution in [0, 0.1) is 17.8 Å². The molecule has 3 heteroatoms. The Hall–Kier alpha value is -1.06. The first-order valence-electron chi connectivity index (χ1n) is 8.24. The van der Waals surface area contributed by atoms with Gasteiger partial charge in [0.25, 0.3) is 0 Å². The van der Waals surface area contributed by atoms with Crippen molar-refractivity contribution < 1.29 is 4.74 Å². The van der Waals surface area contributed by atoms with Crippen LogP contribution in [0.4, 0.5) is 0 Å². The van der Waals surface area contributed by atoms with E-state index < -0.39 is 0 Å². The van der Waals surface area contributed by atoms with E-state index in [1.54, 1.807) is 7.11 Å². The molecule has 3 rings (SSSR count). The van der Waals surface area contributed by atoms with E-state index in [0.717, 1.165) is 35.6 Å². The Bertz CT molecular complexity index is 476. The van der Waals surface area contributed by atoms with Crippen molar-refractivity contribution in [1.82, 2.24) is 4.90 Å². The van der Waals surface area contributed by atoms with Crippen molar-refractivity contribution >= 4 is 0 Å². The van der Waals surface area contributed by atoms with E-state index in [1.165, 1.54) is 32.2 Å². The van der Waals surface area contributed by atoms with Crippen molar-refractivity contribution in [3.63, 3.8) is 0 Å². The first kappa shape index (κ1) is 14.9. The zero-order valence-electron chi connectivity index (χ0n) is 13.3. The molecular formula is C18H28N2O. The Morgan fingerprint density at radius 1 is 1.29 bits per heavy atom. The number of nitrogens with zero attached hydrogens (tertiary/aromatic N) is 1. The first-order valence-corrected chi connectivity index (χ1v) is 8.24. The Balaban J connectivity index is 1.55. The van der Waals surface area contributed by atoms with Crippen molar-refractivity contribution in [2.75, 3.05) is 27.2 Å². The minimum atomic E-state index is 0.0183. The molecule has 4 unspecified atom stereocenters.